The minimum absolute atomic E-state index is 0.236. The first-order chi connectivity index (χ1) is 7.13. The van der Waals surface area contributed by atoms with Gasteiger partial charge in [0.15, 0.2) is 0 Å². The van der Waals surface area contributed by atoms with Crippen LogP contribution in [0, 0.1) is 0 Å². The molecule has 0 heterocycles. The van der Waals surface area contributed by atoms with Gasteiger partial charge in [0.2, 0.25) is 0 Å². The number of rotatable bonds is 4. The van der Waals surface area contributed by atoms with Crippen LogP contribution in [0.15, 0.2) is 24.3 Å². The van der Waals surface area contributed by atoms with Crippen molar-refractivity contribution in [3.63, 3.8) is 0 Å². The first kappa shape index (κ1) is 11.5. The Balaban J connectivity index is 2.43. The molecule has 4 heteroatoms. The van der Waals surface area contributed by atoms with Crippen molar-refractivity contribution in [3.05, 3.63) is 29.8 Å². The molecule has 82 valence electrons. The number of esters is 1. The molecule has 0 fully saturated rings. The Labute approximate surface area is 88.9 Å². The molecule has 0 aliphatic carbocycles. The van der Waals surface area contributed by atoms with Crippen LogP contribution < -0.4 is 5.32 Å². The third-order valence-corrected chi connectivity index (χ3v) is 2.10. The molecule has 0 aliphatic heterocycles. The van der Waals surface area contributed by atoms with Gasteiger partial charge in [-0.05, 0) is 24.6 Å². The summed E-state index contributed by atoms with van der Waals surface area (Å²) in [6.45, 7) is 2.31. The van der Waals surface area contributed by atoms with Gasteiger partial charge in [-0.2, -0.15) is 0 Å². The van der Waals surface area contributed by atoms with Crippen LogP contribution >= 0.6 is 0 Å². The van der Waals surface area contributed by atoms with Gasteiger partial charge < -0.3 is 15.2 Å². The topological polar surface area (TPSA) is 58.6 Å². The Bertz CT molecular complexity index is 321. The fraction of sp³-hybridized carbons (Fsp3) is 0.364. The van der Waals surface area contributed by atoms with Crippen LogP contribution in [0.5, 0.6) is 5.75 Å². The second-order valence-electron chi connectivity index (χ2n) is 3.29. The normalized spacial score (nSPS) is 12.1. The average Bonchev–Trinajstić information content (AvgIpc) is 2.26. The van der Waals surface area contributed by atoms with Crippen molar-refractivity contribution in [2.75, 3.05) is 7.11 Å². The van der Waals surface area contributed by atoms with Crippen molar-refractivity contribution >= 4 is 5.97 Å². The molecule has 0 saturated heterocycles. The molecule has 4 nitrogen and oxygen atoms in total. The van der Waals surface area contributed by atoms with Crippen LogP contribution in [-0.4, -0.2) is 24.2 Å². The summed E-state index contributed by atoms with van der Waals surface area (Å²) in [5, 5.41) is 12.1. The number of phenolic OH excluding ortho intramolecular Hbond substituents is 1. The molecule has 1 atom stereocenters. The number of carbonyl (C=O) groups is 1. The van der Waals surface area contributed by atoms with Crippen molar-refractivity contribution < 1.29 is 14.6 Å². The van der Waals surface area contributed by atoms with Gasteiger partial charge in [0.25, 0.3) is 0 Å². The third kappa shape index (κ3) is 3.59. The van der Waals surface area contributed by atoms with Gasteiger partial charge in [0, 0.05) is 6.54 Å². The lowest BCUT2D eigenvalue weighted by Gasteiger charge is -2.11. The van der Waals surface area contributed by atoms with Crippen LogP contribution in [0.1, 0.15) is 12.5 Å². The predicted molar refractivity (Wildman–Crippen MR) is 56.4 cm³/mol. The lowest BCUT2D eigenvalue weighted by Crippen LogP contribution is -2.34. The predicted octanol–water partition coefficient (Wildman–Crippen LogP) is 1.04. The molecule has 1 unspecified atom stereocenters. The van der Waals surface area contributed by atoms with Crippen LogP contribution in [-0.2, 0) is 16.1 Å². The molecule has 1 aromatic rings. The van der Waals surface area contributed by atoms with Crippen molar-refractivity contribution in [3.8, 4) is 5.75 Å². The number of benzene rings is 1. The molecule has 0 aromatic heterocycles. The van der Waals surface area contributed by atoms with E-state index in [0.29, 0.717) is 6.54 Å². The minimum atomic E-state index is -0.330. The van der Waals surface area contributed by atoms with Crippen molar-refractivity contribution in [1.29, 1.82) is 0 Å². The highest BCUT2D eigenvalue weighted by molar-refractivity contribution is 5.75. The highest BCUT2D eigenvalue weighted by atomic mass is 16.5. The van der Waals surface area contributed by atoms with Gasteiger partial charge in [0.1, 0.15) is 11.8 Å². The molecule has 0 radical (unpaired) electrons. The number of aromatic hydroxyl groups is 1. The Morgan fingerprint density at radius 3 is 2.60 bits per heavy atom. The highest BCUT2D eigenvalue weighted by Crippen LogP contribution is 2.09. The molecule has 1 aromatic carbocycles. The van der Waals surface area contributed by atoms with Crippen molar-refractivity contribution in [2.24, 2.45) is 0 Å². The Kier molecular flexibility index (Phi) is 4.12. The number of phenols is 1. The van der Waals surface area contributed by atoms with E-state index >= 15 is 0 Å². The number of carbonyl (C=O) groups excluding carboxylic acids is 1. The fourth-order valence-electron chi connectivity index (χ4n) is 1.14. The van der Waals surface area contributed by atoms with E-state index in [1.807, 2.05) is 0 Å². The van der Waals surface area contributed by atoms with Gasteiger partial charge >= 0.3 is 5.97 Å². The number of nitrogens with one attached hydrogen (secondary N) is 1. The number of methoxy groups -OCH3 is 1. The molecule has 0 spiro atoms. The standard InChI is InChI=1S/C11H15NO3/c1-8(11(14)15-2)12-7-9-3-5-10(13)6-4-9/h3-6,8,12-13H,7H2,1-2H3. The number of ether oxygens (including phenoxy) is 1. The van der Waals surface area contributed by atoms with Gasteiger partial charge in [-0.15, -0.1) is 0 Å². The summed E-state index contributed by atoms with van der Waals surface area (Å²) >= 11 is 0. The van der Waals surface area contributed by atoms with Crippen molar-refractivity contribution in [2.45, 2.75) is 19.5 Å². The highest BCUT2D eigenvalue weighted by Gasteiger charge is 2.11. The third-order valence-electron chi connectivity index (χ3n) is 2.10. The first-order valence-electron chi connectivity index (χ1n) is 4.72. The van der Waals surface area contributed by atoms with E-state index in [4.69, 9.17) is 5.11 Å². The summed E-state index contributed by atoms with van der Waals surface area (Å²) in [7, 11) is 1.36. The second-order valence-corrected chi connectivity index (χ2v) is 3.29. The number of hydrogen-bond acceptors (Lipinski definition) is 4. The van der Waals surface area contributed by atoms with Gasteiger partial charge in [-0.1, -0.05) is 12.1 Å². The van der Waals surface area contributed by atoms with E-state index in [2.05, 4.69) is 10.1 Å². The van der Waals surface area contributed by atoms with Crippen LogP contribution in [0.4, 0.5) is 0 Å². The lowest BCUT2D eigenvalue weighted by atomic mass is 10.2. The molecule has 0 saturated carbocycles. The average molecular weight is 209 g/mol. The van der Waals surface area contributed by atoms with E-state index < -0.39 is 0 Å². The quantitative estimate of drug-likeness (QED) is 0.727. The molecular formula is C11H15NO3. The maximum Gasteiger partial charge on any atom is 0.322 e. The van der Waals surface area contributed by atoms with E-state index in [-0.39, 0.29) is 17.8 Å². The Morgan fingerprint density at radius 1 is 1.47 bits per heavy atom. The molecular weight excluding hydrogens is 194 g/mol. The second kappa shape index (κ2) is 5.36. The SMILES string of the molecule is COC(=O)C(C)NCc1ccc(O)cc1. The molecule has 1 rings (SSSR count). The zero-order chi connectivity index (χ0) is 11.3. The Hall–Kier alpha value is -1.55. The zero-order valence-corrected chi connectivity index (χ0v) is 8.86. The van der Waals surface area contributed by atoms with Crippen molar-refractivity contribution in [1.82, 2.24) is 5.32 Å². The monoisotopic (exact) mass is 209 g/mol. The van der Waals surface area contributed by atoms with E-state index in [9.17, 15) is 4.79 Å². The van der Waals surface area contributed by atoms with Gasteiger partial charge in [-0.25, -0.2) is 0 Å². The fourth-order valence-corrected chi connectivity index (χ4v) is 1.14. The van der Waals surface area contributed by atoms with Crippen LogP contribution in [0.2, 0.25) is 0 Å². The Morgan fingerprint density at radius 2 is 2.07 bits per heavy atom. The maximum atomic E-state index is 11.1. The largest absolute Gasteiger partial charge is 0.508 e. The molecule has 15 heavy (non-hydrogen) atoms. The van der Waals surface area contributed by atoms with Gasteiger partial charge in [-0.3, -0.25) is 4.79 Å². The first-order valence-corrected chi connectivity index (χ1v) is 4.72. The summed E-state index contributed by atoms with van der Waals surface area (Å²) in [5.74, 6) is -0.0476. The smallest absolute Gasteiger partial charge is 0.322 e. The molecule has 0 aliphatic rings. The summed E-state index contributed by atoms with van der Waals surface area (Å²) in [6.07, 6.45) is 0. The minimum Gasteiger partial charge on any atom is -0.508 e. The summed E-state index contributed by atoms with van der Waals surface area (Å²) in [6, 6.07) is 6.49. The summed E-state index contributed by atoms with van der Waals surface area (Å²) < 4.78 is 4.58. The lowest BCUT2D eigenvalue weighted by molar-refractivity contribution is -0.142. The van der Waals surface area contributed by atoms with Crippen LogP contribution in [0.25, 0.3) is 0 Å². The zero-order valence-electron chi connectivity index (χ0n) is 8.86. The molecule has 0 bridgehead atoms. The maximum absolute atomic E-state index is 11.1. The van der Waals surface area contributed by atoms with Gasteiger partial charge in [0.05, 0.1) is 7.11 Å². The van der Waals surface area contributed by atoms with E-state index in [1.165, 1.54) is 7.11 Å². The number of hydrogen-bond donors (Lipinski definition) is 2. The van der Waals surface area contributed by atoms with E-state index in [0.717, 1.165) is 5.56 Å². The molecule has 0 amide bonds. The van der Waals surface area contributed by atoms with E-state index in [1.54, 1.807) is 31.2 Å². The summed E-state index contributed by atoms with van der Waals surface area (Å²) in [4.78, 5) is 11.1. The van der Waals surface area contributed by atoms with Crippen LogP contribution in [0.3, 0.4) is 0 Å². The molecule has 2 N–H and O–H groups in total. The summed E-state index contributed by atoms with van der Waals surface area (Å²) in [5.41, 5.74) is 1.00.